The number of urea groups is 1. The molecule has 0 heterocycles. The van der Waals surface area contributed by atoms with E-state index in [1.807, 2.05) is 7.05 Å². The molecule has 1 unspecified atom stereocenters. The largest absolute Gasteiger partial charge is 0.341 e. The molecule has 1 N–H and O–H groups in total. The Kier molecular flexibility index (Phi) is 3.13. The minimum absolute atomic E-state index is 0.0123. The Balaban J connectivity index is 2.28. The summed E-state index contributed by atoms with van der Waals surface area (Å²) in [6, 6.07) is 8.64. The van der Waals surface area contributed by atoms with Gasteiger partial charge in [0.2, 0.25) is 0 Å². The molecule has 1 aliphatic carbocycles. The highest BCUT2D eigenvalue weighted by Gasteiger charge is 2.25. The third-order valence-electron chi connectivity index (χ3n) is 3.34. The molecule has 1 aliphatic rings. The Bertz CT molecular complexity index is 389. The SMILES string of the molecule is CNC(=O)N(C)C1CCCc2ccccc21. The molecule has 0 fully saturated rings. The third-order valence-corrected chi connectivity index (χ3v) is 3.34. The molecule has 0 radical (unpaired) electrons. The van der Waals surface area contributed by atoms with Gasteiger partial charge in [-0.1, -0.05) is 24.3 Å². The Morgan fingerprint density at radius 1 is 1.44 bits per heavy atom. The predicted molar refractivity (Wildman–Crippen MR) is 64.3 cm³/mol. The van der Waals surface area contributed by atoms with Gasteiger partial charge in [0.05, 0.1) is 6.04 Å². The molecule has 2 rings (SSSR count). The van der Waals surface area contributed by atoms with Gasteiger partial charge in [-0.3, -0.25) is 0 Å². The van der Waals surface area contributed by atoms with Crippen molar-refractivity contribution in [3.05, 3.63) is 35.4 Å². The van der Waals surface area contributed by atoms with Crippen LogP contribution in [0.4, 0.5) is 4.79 Å². The van der Waals surface area contributed by atoms with Crippen molar-refractivity contribution >= 4 is 6.03 Å². The number of carbonyl (C=O) groups is 1. The molecular formula is C13H18N2O. The van der Waals surface area contributed by atoms with Gasteiger partial charge < -0.3 is 10.2 Å². The van der Waals surface area contributed by atoms with Gasteiger partial charge in [0.25, 0.3) is 0 Å². The molecule has 1 atom stereocenters. The Hall–Kier alpha value is -1.51. The van der Waals surface area contributed by atoms with Gasteiger partial charge in [-0.15, -0.1) is 0 Å². The molecular weight excluding hydrogens is 200 g/mol. The van der Waals surface area contributed by atoms with Crippen molar-refractivity contribution in [1.29, 1.82) is 0 Å². The summed E-state index contributed by atoms with van der Waals surface area (Å²) in [5.74, 6) is 0. The maximum Gasteiger partial charge on any atom is 0.317 e. The topological polar surface area (TPSA) is 32.3 Å². The number of aryl methyl sites for hydroxylation is 1. The highest BCUT2D eigenvalue weighted by molar-refractivity contribution is 5.74. The summed E-state index contributed by atoms with van der Waals surface area (Å²) >= 11 is 0. The van der Waals surface area contributed by atoms with Crippen molar-refractivity contribution in [2.75, 3.05) is 14.1 Å². The summed E-state index contributed by atoms with van der Waals surface area (Å²) in [6.07, 6.45) is 3.35. The average molecular weight is 218 g/mol. The van der Waals surface area contributed by atoms with Crippen molar-refractivity contribution in [2.24, 2.45) is 0 Å². The minimum Gasteiger partial charge on any atom is -0.341 e. The first-order chi connectivity index (χ1) is 7.74. The van der Waals surface area contributed by atoms with Crippen LogP contribution in [-0.2, 0) is 6.42 Å². The summed E-state index contributed by atoms with van der Waals surface area (Å²) in [5.41, 5.74) is 2.69. The van der Waals surface area contributed by atoms with Gasteiger partial charge in [0, 0.05) is 14.1 Å². The van der Waals surface area contributed by atoms with E-state index in [-0.39, 0.29) is 12.1 Å². The van der Waals surface area contributed by atoms with Crippen molar-refractivity contribution in [2.45, 2.75) is 25.3 Å². The lowest BCUT2D eigenvalue weighted by Crippen LogP contribution is -2.38. The number of hydrogen-bond acceptors (Lipinski definition) is 1. The van der Waals surface area contributed by atoms with E-state index in [9.17, 15) is 4.79 Å². The number of amides is 2. The number of fused-ring (bicyclic) bond motifs is 1. The summed E-state index contributed by atoms with van der Waals surface area (Å²) < 4.78 is 0. The van der Waals surface area contributed by atoms with Crippen LogP contribution in [0.25, 0.3) is 0 Å². The van der Waals surface area contributed by atoms with Crippen molar-refractivity contribution < 1.29 is 4.79 Å². The fourth-order valence-electron chi connectivity index (χ4n) is 2.45. The first-order valence-corrected chi connectivity index (χ1v) is 5.76. The molecule has 0 saturated heterocycles. The summed E-state index contributed by atoms with van der Waals surface area (Å²) in [5, 5.41) is 2.68. The van der Waals surface area contributed by atoms with Gasteiger partial charge in [-0.25, -0.2) is 4.79 Å². The lowest BCUT2D eigenvalue weighted by Gasteiger charge is -2.32. The molecule has 1 aromatic carbocycles. The maximum atomic E-state index is 11.6. The van der Waals surface area contributed by atoms with E-state index in [1.54, 1.807) is 11.9 Å². The minimum atomic E-state index is -0.0123. The van der Waals surface area contributed by atoms with Gasteiger partial charge in [0.15, 0.2) is 0 Å². The molecule has 0 saturated carbocycles. The Morgan fingerprint density at radius 2 is 2.19 bits per heavy atom. The number of nitrogens with zero attached hydrogens (tertiary/aromatic N) is 1. The van der Waals surface area contributed by atoms with E-state index in [1.165, 1.54) is 11.1 Å². The third kappa shape index (κ3) is 1.90. The number of hydrogen-bond donors (Lipinski definition) is 1. The second-order valence-corrected chi connectivity index (χ2v) is 4.27. The normalized spacial score (nSPS) is 18.8. The number of rotatable bonds is 1. The molecule has 0 aliphatic heterocycles. The summed E-state index contributed by atoms with van der Waals surface area (Å²) in [6.45, 7) is 0. The van der Waals surface area contributed by atoms with Crippen LogP contribution in [0.2, 0.25) is 0 Å². The number of benzene rings is 1. The molecule has 0 bridgehead atoms. The molecule has 2 amide bonds. The average Bonchev–Trinajstić information content (AvgIpc) is 2.36. The Morgan fingerprint density at radius 3 is 2.94 bits per heavy atom. The van der Waals surface area contributed by atoms with Crippen LogP contribution < -0.4 is 5.32 Å². The second kappa shape index (κ2) is 4.56. The smallest absolute Gasteiger partial charge is 0.317 e. The quantitative estimate of drug-likeness (QED) is 0.771. The van der Waals surface area contributed by atoms with E-state index < -0.39 is 0 Å². The predicted octanol–water partition coefficient (Wildman–Crippen LogP) is 2.34. The number of carbonyl (C=O) groups excluding carboxylic acids is 1. The molecule has 0 aromatic heterocycles. The van der Waals surface area contributed by atoms with Crippen LogP contribution in [0.15, 0.2) is 24.3 Å². The van der Waals surface area contributed by atoms with Gasteiger partial charge in [-0.05, 0) is 30.4 Å². The van der Waals surface area contributed by atoms with Crippen LogP contribution in [-0.4, -0.2) is 25.0 Å². The highest BCUT2D eigenvalue weighted by Crippen LogP contribution is 2.33. The van der Waals surface area contributed by atoms with Gasteiger partial charge >= 0.3 is 6.03 Å². The van der Waals surface area contributed by atoms with Gasteiger partial charge in [-0.2, -0.15) is 0 Å². The molecule has 86 valence electrons. The fourth-order valence-corrected chi connectivity index (χ4v) is 2.45. The molecule has 16 heavy (non-hydrogen) atoms. The molecule has 3 nitrogen and oxygen atoms in total. The highest BCUT2D eigenvalue weighted by atomic mass is 16.2. The van der Waals surface area contributed by atoms with Crippen LogP contribution in [0.1, 0.15) is 30.0 Å². The first kappa shape index (κ1) is 11.0. The zero-order valence-corrected chi connectivity index (χ0v) is 9.86. The second-order valence-electron chi connectivity index (χ2n) is 4.27. The monoisotopic (exact) mass is 218 g/mol. The lowest BCUT2D eigenvalue weighted by atomic mass is 9.87. The van der Waals surface area contributed by atoms with Crippen molar-refractivity contribution in [1.82, 2.24) is 10.2 Å². The van der Waals surface area contributed by atoms with Gasteiger partial charge in [0.1, 0.15) is 0 Å². The van der Waals surface area contributed by atoms with Crippen molar-refractivity contribution in [3.8, 4) is 0 Å². The lowest BCUT2D eigenvalue weighted by molar-refractivity contribution is 0.186. The molecule has 3 heteroatoms. The zero-order valence-electron chi connectivity index (χ0n) is 9.86. The zero-order chi connectivity index (χ0) is 11.5. The summed E-state index contributed by atoms with van der Waals surface area (Å²) in [7, 11) is 3.54. The van der Waals surface area contributed by atoms with E-state index >= 15 is 0 Å². The van der Waals surface area contributed by atoms with E-state index in [0.29, 0.717) is 0 Å². The fraction of sp³-hybridized carbons (Fsp3) is 0.462. The van der Waals surface area contributed by atoms with Crippen LogP contribution in [0.5, 0.6) is 0 Å². The standard InChI is InChI=1S/C13H18N2O/c1-14-13(16)15(2)12-9-5-7-10-6-3-4-8-11(10)12/h3-4,6,8,12H,5,7,9H2,1-2H3,(H,14,16). The van der Waals surface area contributed by atoms with Crippen LogP contribution in [0.3, 0.4) is 0 Å². The van der Waals surface area contributed by atoms with E-state index in [4.69, 9.17) is 0 Å². The summed E-state index contributed by atoms with van der Waals surface area (Å²) in [4.78, 5) is 13.4. The number of nitrogens with one attached hydrogen (secondary N) is 1. The van der Waals surface area contributed by atoms with E-state index in [0.717, 1.165) is 19.3 Å². The Labute approximate surface area is 96.5 Å². The maximum absolute atomic E-state index is 11.6. The molecule has 1 aromatic rings. The molecule has 0 spiro atoms. The van der Waals surface area contributed by atoms with Crippen LogP contribution >= 0.6 is 0 Å². The van der Waals surface area contributed by atoms with Crippen LogP contribution in [0, 0.1) is 0 Å². The van der Waals surface area contributed by atoms with E-state index in [2.05, 4.69) is 29.6 Å². The van der Waals surface area contributed by atoms with Crippen molar-refractivity contribution in [3.63, 3.8) is 0 Å². The first-order valence-electron chi connectivity index (χ1n) is 5.76.